The molecule has 0 saturated carbocycles. The molecule has 5 nitrogen and oxygen atoms in total. The highest BCUT2D eigenvalue weighted by molar-refractivity contribution is 7.92. The van der Waals surface area contributed by atoms with Crippen LogP contribution in [0.2, 0.25) is 0 Å². The summed E-state index contributed by atoms with van der Waals surface area (Å²) in [6.45, 7) is 5.98. The van der Waals surface area contributed by atoms with Gasteiger partial charge >= 0.3 is 0 Å². The van der Waals surface area contributed by atoms with Gasteiger partial charge in [0.05, 0.1) is 5.75 Å². The number of sulfone groups is 1. The summed E-state index contributed by atoms with van der Waals surface area (Å²) in [6, 6.07) is 16.8. The van der Waals surface area contributed by atoms with Gasteiger partial charge in [-0.1, -0.05) is 36.4 Å². The first-order valence-electron chi connectivity index (χ1n) is 8.64. The molecule has 1 atom stereocenters. The predicted octanol–water partition coefficient (Wildman–Crippen LogP) is 2.64. The van der Waals surface area contributed by atoms with Crippen molar-refractivity contribution in [3.05, 3.63) is 72.8 Å². The summed E-state index contributed by atoms with van der Waals surface area (Å²) in [5, 5.41) is 8.88. The monoisotopic (exact) mass is 372 g/mol. The minimum absolute atomic E-state index is 0.0353. The van der Waals surface area contributed by atoms with Gasteiger partial charge in [0.1, 0.15) is 11.1 Å². The fraction of sp³-hybridized carbons (Fsp3) is 0.300. The number of piperazine rings is 1. The van der Waals surface area contributed by atoms with Crippen molar-refractivity contribution in [3.8, 4) is 5.75 Å². The Morgan fingerprint density at radius 2 is 1.77 bits per heavy atom. The van der Waals surface area contributed by atoms with E-state index in [2.05, 4.69) is 11.5 Å². The van der Waals surface area contributed by atoms with Crippen LogP contribution >= 0.6 is 0 Å². The van der Waals surface area contributed by atoms with E-state index >= 15 is 0 Å². The van der Waals surface area contributed by atoms with E-state index in [1.165, 1.54) is 6.08 Å². The number of hydrogen-bond acceptors (Lipinski definition) is 5. The maximum Gasteiger partial charge on any atom is 0.171 e. The molecule has 26 heavy (non-hydrogen) atoms. The summed E-state index contributed by atoms with van der Waals surface area (Å²) in [5.74, 6) is 0.166. The molecular formula is C20H24N2O3S. The molecule has 0 amide bonds. The lowest BCUT2D eigenvalue weighted by Gasteiger charge is -2.41. The predicted molar refractivity (Wildman–Crippen MR) is 105 cm³/mol. The molecule has 2 aromatic rings. The third-order valence-electron chi connectivity index (χ3n) is 4.65. The van der Waals surface area contributed by atoms with Crippen molar-refractivity contribution in [1.29, 1.82) is 0 Å². The smallest absolute Gasteiger partial charge is 0.171 e. The van der Waals surface area contributed by atoms with Crippen LogP contribution in [0, 0.1) is 0 Å². The number of phenolic OH excluding ortho intramolecular Hbond substituents is 1. The molecule has 1 heterocycles. The molecule has 6 heteroatoms. The summed E-state index contributed by atoms with van der Waals surface area (Å²) >= 11 is 0. The molecule has 1 fully saturated rings. The Bertz CT molecular complexity index is 835. The second-order valence-electron chi connectivity index (χ2n) is 6.49. The molecule has 0 bridgehead atoms. The van der Waals surface area contributed by atoms with E-state index < -0.39 is 15.2 Å². The standard InChI is InChI=1S/C20H24N2O3S/c1-2-14-26(24,25)20-16-21(18-8-10-19(23)11-9-18)12-13-22(20)15-17-6-4-3-5-7-17/h2-11,20,23H,1,12-16H2. The van der Waals surface area contributed by atoms with Crippen molar-refractivity contribution in [2.24, 2.45) is 0 Å². The number of benzene rings is 2. The van der Waals surface area contributed by atoms with Crippen LogP contribution < -0.4 is 4.90 Å². The van der Waals surface area contributed by atoms with Crippen LogP contribution in [-0.2, 0) is 16.4 Å². The second-order valence-corrected chi connectivity index (χ2v) is 8.69. The Morgan fingerprint density at radius 3 is 2.42 bits per heavy atom. The number of phenols is 1. The van der Waals surface area contributed by atoms with E-state index in [1.54, 1.807) is 12.1 Å². The molecule has 0 aromatic heterocycles. The number of nitrogens with zero attached hydrogens (tertiary/aromatic N) is 2. The van der Waals surface area contributed by atoms with E-state index in [0.717, 1.165) is 17.8 Å². The summed E-state index contributed by atoms with van der Waals surface area (Å²) in [4.78, 5) is 4.09. The zero-order valence-corrected chi connectivity index (χ0v) is 15.5. The topological polar surface area (TPSA) is 60.9 Å². The molecule has 3 rings (SSSR count). The highest BCUT2D eigenvalue weighted by atomic mass is 32.2. The van der Waals surface area contributed by atoms with Crippen molar-refractivity contribution in [3.63, 3.8) is 0 Å². The van der Waals surface area contributed by atoms with E-state index in [0.29, 0.717) is 19.6 Å². The molecule has 138 valence electrons. The second kappa shape index (κ2) is 7.93. The van der Waals surface area contributed by atoms with Crippen molar-refractivity contribution < 1.29 is 13.5 Å². The zero-order chi connectivity index (χ0) is 18.6. The summed E-state index contributed by atoms with van der Waals surface area (Å²) in [6.07, 6.45) is 1.45. The van der Waals surface area contributed by atoms with Crippen molar-refractivity contribution in [1.82, 2.24) is 4.90 Å². The van der Waals surface area contributed by atoms with Crippen LogP contribution in [0.15, 0.2) is 67.3 Å². The minimum atomic E-state index is -3.33. The average Bonchev–Trinajstić information content (AvgIpc) is 2.63. The molecule has 1 unspecified atom stereocenters. The van der Waals surface area contributed by atoms with E-state index in [4.69, 9.17) is 0 Å². The van der Waals surface area contributed by atoms with Gasteiger partial charge in [-0.3, -0.25) is 4.90 Å². The average molecular weight is 372 g/mol. The molecule has 1 saturated heterocycles. The van der Waals surface area contributed by atoms with Crippen LogP contribution in [0.4, 0.5) is 5.69 Å². The zero-order valence-electron chi connectivity index (χ0n) is 14.7. The van der Waals surface area contributed by atoms with E-state index in [-0.39, 0.29) is 11.5 Å². The largest absolute Gasteiger partial charge is 0.508 e. The molecule has 0 aliphatic carbocycles. The number of anilines is 1. The Kier molecular flexibility index (Phi) is 5.64. The highest BCUT2D eigenvalue weighted by Gasteiger charge is 2.36. The molecule has 2 aromatic carbocycles. The van der Waals surface area contributed by atoms with Gasteiger partial charge in [0.25, 0.3) is 0 Å². The van der Waals surface area contributed by atoms with Gasteiger partial charge in [-0.15, -0.1) is 6.58 Å². The maximum absolute atomic E-state index is 12.8. The van der Waals surface area contributed by atoms with Gasteiger partial charge in [-0.2, -0.15) is 0 Å². The molecule has 1 N–H and O–H groups in total. The Labute approximate surface area is 155 Å². The van der Waals surface area contributed by atoms with Crippen LogP contribution in [0.5, 0.6) is 5.75 Å². The number of hydrogen-bond donors (Lipinski definition) is 1. The first-order chi connectivity index (χ1) is 12.5. The lowest BCUT2D eigenvalue weighted by Crippen LogP contribution is -2.56. The highest BCUT2D eigenvalue weighted by Crippen LogP contribution is 2.25. The Hall–Kier alpha value is -2.31. The van der Waals surface area contributed by atoms with Crippen LogP contribution in [0.25, 0.3) is 0 Å². The first kappa shape index (κ1) is 18.5. The Balaban J connectivity index is 1.84. The summed E-state index contributed by atoms with van der Waals surface area (Å²) in [5.41, 5.74) is 2.02. The molecular weight excluding hydrogens is 348 g/mol. The van der Waals surface area contributed by atoms with Gasteiger partial charge in [0, 0.05) is 31.9 Å². The third kappa shape index (κ3) is 4.26. The van der Waals surface area contributed by atoms with Gasteiger partial charge in [0.15, 0.2) is 9.84 Å². The van der Waals surface area contributed by atoms with Crippen LogP contribution in [0.1, 0.15) is 5.56 Å². The molecule has 1 aliphatic rings. The fourth-order valence-corrected chi connectivity index (χ4v) is 4.89. The fourth-order valence-electron chi connectivity index (χ4n) is 3.30. The maximum atomic E-state index is 12.8. The Morgan fingerprint density at radius 1 is 1.08 bits per heavy atom. The minimum Gasteiger partial charge on any atom is -0.508 e. The first-order valence-corrected chi connectivity index (χ1v) is 10.4. The SMILES string of the molecule is C=CCS(=O)(=O)C1CN(c2ccc(O)cc2)CCN1Cc1ccccc1. The lowest BCUT2D eigenvalue weighted by molar-refractivity contribution is 0.218. The van der Waals surface area contributed by atoms with Gasteiger partial charge in [0.2, 0.25) is 0 Å². The van der Waals surface area contributed by atoms with E-state index in [9.17, 15) is 13.5 Å². The lowest BCUT2D eigenvalue weighted by atomic mass is 10.2. The normalized spacial score (nSPS) is 18.6. The van der Waals surface area contributed by atoms with Crippen molar-refractivity contribution >= 4 is 15.5 Å². The quantitative estimate of drug-likeness (QED) is 0.790. The van der Waals surface area contributed by atoms with Gasteiger partial charge < -0.3 is 10.0 Å². The summed E-state index contributed by atoms with van der Waals surface area (Å²) < 4.78 is 25.7. The van der Waals surface area contributed by atoms with E-state index in [1.807, 2.05) is 47.4 Å². The van der Waals surface area contributed by atoms with Gasteiger partial charge in [-0.05, 0) is 29.8 Å². The van der Waals surface area contributed by atoms with Crippen molar-refractivity contribution in [2.45, 2.75) is 11.9 Å². The van der Waals surface area contributed by atoms with Gasteiger partial charge in [-0.25, -0.2) is 8.42 Å². The van der Waals surface area contributed by atoms with Crippen molar-refractivity contribution in [2.75, 3.05) is 30.3 Å². The number of aromatic hydroxyl groups is 1. The van der Waals surface area contributed by atoms with Crippen LogP contribution in [-0.4, -0.2) is 49.2 Å². The third-order valence-corrected chi connectivity index (χ3v) is 6.63. The van der Waals surface area contributed by atoms with Crippen LogP contribution in [0.3, 0.4) is 0 Å². The molecule has 1 aliphatic heterocycles. The number of rotatable bonds is 6. The molecule has 0 spiro atoms. The molecule has 0 radical (unpaired) electrons. The summed E-state index contributed by atoms with van der Waals surface area (Å²) in [7, 11) is -3.33.